The molecule has 12 heteroatoms. The number of alkyl halides is 9. The van der Waals surface area contributed by atoms with E-state index in [4.69, 9.17) is 0 Å². The van der Waals surface area contributed by atoms with Crippen LogP contribution in [0, 0.1) is 0 Å². The van der Waals surface area contributed by atoms with Gasteiger partial charge in [-0.3, -0.25) is 4.79 Å². The molecule has 3 nitrogen and oxygen atoms in total. The number of carboxylic acid groups (broad SMARTS) is 1. The van der Waals surface area contributed by atoms with Crippen molar-refractivity contribution in [1.29, 1.82) is 0 Å². The number of aromatic carboxylic acids is 1. The lowest BCUT2D eigenvalue weighted by Crippen LogP contribution is -2.16. The van der Waals surface area contributed by atoms with E-state index in [-0.39, 0.29) is 40.6 Å². The highest BCUT2D eigenvalue weighted by molar-refractivity contribution is 6.18. The molecule has 0 aliphatic rings. The molecule has 0 aliphatic carbocycles. The van der Waals surface area contributed by atoms with Crippen molar-refractivity contribution in [2.75, 3.05) is 0 Å². The van der Waals surface area contributed by atoms with Gasteiger partial charge in [0.2, 0.25) is 0 Å². The van der Waals surface area contributed by atoms with Gasteiger partial charge in [0.25, 0.3) is 0 Å². The number of halogens is 9. The summed E-state index contributed by atoms with van der Waals surface area (Å²) in [5.74, 6) is -2.80. The fourth-order valence-corrected chi connectivity index (χ4v) is 3.35. The van der Waals surface area contributed by atoms with Gasteiger partial charge in [-0.1, -0.05) is 24.3 Å². The monoisotopic (exact) mass is 506 g/mol. The molecule has 0 radical (unpaired) electrons. The highest BCUT2D eigenvalue weighted by atomic mass is 19.4. The number of hydrogen-bond donors (Lipinski definition) is 1. The molecule has 0 unspecified atom stereocenters. The van der Waals surface area contributed by atoms with E-state index >= 15 is 0 Å². The second kappa shape index (κ2) is 8.75. The van der Waals surface area contributed by atoms with Gasteiger partial charge in [0, 0.05) is 5.56 Å². The number of allylic oxidation sites excluding steroid dienone is 2. The molecular weight excluding hydrogens is 495 g/mol. The number of carbonyl (C=O) groups is 2. The third-order valence-corrected chi connectivity index (χ3v) is 4.90. The SMILES string of the molecule is O=C(O)c1ccc(C(=O)C=C(c2cc(C(F)(F)F)cc(C(F)(F)F)c2)C(F)(F)F)c2ccccc12. The van der Waals surface area contributed by atoms with Crippen molar-refractivity contribution >= 4 is 28.1 Å². The minimum absolute atomic E-state index is 0.00812. The number of fused-ring (bicyclic) bond motifs is 1. The molecule has 3 aromatic carbocycles. The fourth-order valence-electron chi connectivity index (χ4n) is 3.35. The smallest absolute Gasteiger partial charge is 0.417 e. The van der Waals surface area contributed by atoms with Crippen LogP contribution >= 0.6 is 0 Å². The molecule has 35 heavy (non-hydrogen) atoms. The molecule has 0 aliphatic heterocycles. The quantitative estimate of drug-likeness (QED) is 0.228. The Morgan fingerprint density at radius 1 is 0.686 bits per heavy atom. The molecule has 184 valence electrons. The zero-order valence-corrected chi connectivity index (χ0v) is 16.9. The van der Waals surface area contributed by atoms with Crippen LogP contribution in [0.4, 0.5) is 39.5 Å². The van der Waals surface area contributed by atoms with E-state index in [0.29, 0.717) is 0 Å². The van der Waals surface area contributed by atoms with Crippen LogP contribution in [0.15, 0.2) is 60.7 Å². The Bertz CT molecular complexity index is 1310. The first-order valence-corrected chi connectivity index (χ1v) is 9.38. The van der Waals surface area contributed by atoms with Crippen LogP contribution in [0.25, 0.3) is 16.3 Å². The average Bonchev–Trinajstić information content (AvgIpc) is 2.74. The Morgan fingerprint density at radius 2 is 1.14 bits per heavy atom. The van der Waals surface area contributed by atoms with E-state index in [0.717, 1.165) is 12.1 Å². The number of rotatable bonds is 4. The molecule has 0 saturated carbocycles. The third kappa shape index (κ3) is 5.47. The molecule has 3 aromatic rings. The van der Waals surface area contributed by atoms with Crippen molar-refractivity contribution in [2.45, 2.75) is 18.5 Å². The summed E-state index contributed by atoms with van der Waals surface area (Å²) in [7, 11) is 0. The summed E-state index contributed by atoms with van der Waals surface area (Å²) in [5, 5.41) is 9.19. The van der Waals surface area contributed by atoms with Gasteiger partial charge in [0.05, 0.1) is 22.3 Å². The van der Waals surface area contributed by atoms with Crippen LogP contribution < -0.4 is 0 Å². The van der Waals surface area contributed by atoms with Crippen LogP contribution in [-0.2, 0) is 12.4 Å². The molecular formula is C23H11F9O3. The summed E-state index contributed by atoms with van der Waals surface area (Å²) in [5.41, 5.74) is -8.23. The van der Waals surface area contributed by atoms with Gasteiger partial charge in [-0.05, 0) is 52.7 Å². The summed E-state index contributed by atoms with van der Waals surface area (Å²) in [6, 6.07) is 6.55. The predicted molar refractivity (Wildman–Crippen MR) is 106 cm³/mol. The van der Waals surface area contributed by atoms with Gasteiger partial charge in [0.1, 0.15) is 0 Å². The molecule has 0 fully saturated rings. The number of hydrogen-bond acceptors (Lipinski definition) is 2. The molecule has 1 N–H and O–H groups in total. The number of ketones is 1. The largest absolute Gasteiger partial charge is 0.478 e. The molecule has 0 heterocycles. The average molecular weight is 506 g/mol. The van der Waals surface area contributed by atoms with Gasteiger partial charge in [0.15, 0.2) is 5.78 Å². The zero-order chi connectivity index (χ0) is 26.3. The normalized spacial score (nSPS) is 13.2. The van der Waals surface area contributed by atoms with E-state index < -0.39 is 58.1 Å². The van der Waals surface area contributed by atoms with Gasteiger partial charge in [-0.25, -0.2) is 4.79 Å². The molecule has 0 amide bonds. The van der Waals surface area contributed by atoms with Crippen molar-refractivity contribution in [2.24, 2.45) is 0 Å². The second-order valence-corrected chi connectivity index (χ2v) is 7.23. The number of carboxylic acids is 1. The van der Waals surface area contributed by atoms with Crippen molar-refractivity contribution in [1.82, 2.24) is 0 Å². The lowest BCUT2D eigenvalue weighted by atomic mass is 9.94. The summed E-state index contributed by atoms with van der Waals surface area (Å²) in [4.78, 5) is 24.2. The van der Waals surface area contributed by atoms with Gasteiger partial charge in [-0.15, -0.1) is 0 Å². The van der Waals surface area contributed by atoms with E-state index in [1.807, 2.05) is 0 Å². The second-order valence-electron chi connectivity index (χ2n) is 7.23. The molecule has 0 saturated heterocycles. The Balaban J connectivity index is 2.26. The first-order chi connectivity index (χ1) is 16.0. The summed E-state index contributed by atoms with van der Waals surface area (Å²) >= 11 is 0. The molecule has 0 aromatic heterocycles. The van der Waals surface area contributed by atoms with Gasteiger partial charge < -0.3 is 5.11 Å². The highest BCUT2D eigenvalue weighted by Gasteiger charge is 2.41. The summed E-state index contributed by atoms with van der Waals surface area (Å²) < 4.78 is 120. The summed E-state index contributed by atoms with van der Waals surface area (Å²) in [6.07, 6.45) is -16.4. The van der Waals surface area contributed by atoms with Gasteiger partial charge >= 0.3 is 24.5 Å². The molecule has 0 atom stereocenters. The third-order valence-electron chi connectivity index (χ3n) is 4.90. The summed E-state index contributed by atoms with van der Waals surface area (Å²) in [6.45, 7) is 0. The minimum Gasteiger partial charge on any atom is -0.478 e. The number of benzene rings is 3. The Morgan fingerprint density at radius 3 is 1.57 bits per heavy atom. The highest BCUT2D eigenvalue weighted by Crippen LogP contribution is 2.41. The van der Waals surface area contributed by atoms with Gasteiger partial charge in [-0.2, -0.15) is 39.5 Å². The molecule has 0 spiro atoms. The Labute approximate surface area is 190 Å². The lowest BCUT2D eigenvalue weighted by Gasteiger charge is -2.17. The van der Waals surface area contributed by atoms with Crippen LogP contribution in [0.5, 0.6) is 0 Å². The van der Waals surface area contributed by atoms with E-state index in [1.54, 1.807) is 0 Å². The Kier molecular flexibility index (Phi) is 6.45. The first-order valence-electron chi connectivity index (χ1n) is 9.38. The minimum atomic E-state index is -5.51. The number of carbonyl (C=O) groups excluding carboxylic acids is 1. The van der Waals surface area contributed by atoms with Crippen molar-refractivity contribution in [3.8, 4) is 0 Å². The molecule has 0 bridgehead atoms. The van der Waals surface area contributed by atoms with E-state index in [1.165, 1.54) is 24.3 Å². The standard InChI is InChI=1S/C23H11F9O3/c24-21(25,26)12-7-11(8-13(9-12)22(27,28)29)18(23(30,31)32)10-19(33)16-5-6-17(20(34)35)15-4-2-1-3-14(15)16/h1-10H,(H,34,35). The van der Waals surface area contributed by atoms with E-state index in [2.05, 4.69) is 0 Å². The molecule has 3 rings (SSSR count). The van der Waals surface area contributed by atoms with E-state index in [9.17, 15) is 54.2 Å². The zero-order valence-electron chi connectivity index (χ0n) is 16.9. The predicted octanol–water partition coefficient (Wildman–Crippen LogP) is 7.40. The van der Waals surface area contributed by atoms with Crippen molar-refractivity contribution in [3.05, 3.63) is 88.5 Å². The maximum Gasteiger partial charge on any atom is 0.417 e. The van der Waals surface area contributed by atoms with Crippen LogP contribution in [0.2, 0.25) is 0 Å². The van der Waals surface area contributed by atoms with Crippen molar-refractivity contribution in [3.63, 3.8) is 0 Å². The van der Waals surface area contributed by atoms with Crippen LogP contribution in [0.3, 0.4) is 0 Å². The van der Waals surface area contributed by atoms with Crippen LogP contribution in [0.1, 0.15) is 37.4 Å². The van der Waals surface area contributed by atoms with Crippen molar-refractivity contribution < 1.29 is 54.2 Å². The maximum absolute atomic E-state index is 13.8. The fraction of sp³-hybridized carbons (Fsp3) is 0.130. The Hall–Kier alpha value is -3.83. The lowest BCUT2D eigenvalue weighted by molar-refractivity contribution is -0.143. The van der Waals surface area contributed by atoms with Crippen LogP contribution in [-0.4, -0.2) is 23.0 Å². The maximum atomic E-state index is 13.8. The topological polar surface area (TPSA) is 54.4 Å². The first kappa shape index (κ1) is 25.8.